The molecular weight excluding hydrogens is 660 g/mol. The van der Waals surface area contributed by atoms with E-state index in [2.05, 4.69) is 30.2 Å². The highest BCUT2D eigenvalue weighted by Crippen LogP contribution is 2.30. The fraction of sp³-hybridized carbons (Fsp3) is 0.205. The summed E-state index contributed by atoms with van der Waals surface area (Å²) in [5.74, 6) is 1.77. The monoisotopic (exact) mass is 700 g/mol. The van der Waals surface area contributed by atoms with E-state index in [0.29, 0.717) is 69.2 Å². The van der Waals surface area contributed by atoms with Gasteiger partial charge in [0, 0.05) is 53.5 Å². The zero-order chi connectivity index (χ0) is 36.8. The van der Waals surface area contributed by atoms with Crippen molar-refractivity contribution in [2.24, 2.45) is 0 Å². The Hall–Kier alpha value is -6.31. The summed E-state index contributed by atoms with van der Waals surface area (Å²) >= 11 is 0. The summed E-state index contributed by atoms with van der Waals surface area (Å²) in [6.45, 7) is 1.50. The number of hydrogen-bond donors (Lipinski definition) is 2. The number of nitrogens with one attached hydrogen (secondary N) is 1. The number of pyridine rings is 2. The third-order valence-corrected chi connectivity index (χ3v) is 7.73. The van der Waals surface area contributed by atoms with Gasteiger partial charge in [0.1, 0.15) is 0 Å². The van der Waals surface area contributed by atoms with Crippen LogP contribution in [-0.4, -0.2) is 78.1 Å². The normalized spacial score (nSPS) is 11.2. The number of carbonyl (C=O) groups is 1. The molecule has 7 rings (SSSR count). The molecule has 0 atom stereocenters. The first-order valence-electron chi connectivity index (χ1n) is 16.4. The number of anilines is 2. The first-order chi connectivity index (χ1) is 25.1. The zero-order valence-electron chi connectivity index (χ0n) is 29.9. The van der Waals surface area contributed by atoms with E-state index in [1.54, 1.807) is 43.8 Å². The maximum absolute atomic E-state index is 12.9. The van der Waals surface area contributed by atoms with Crippen molar-refractivity contribution in [2.75, 3.05) is 53.5 Å². The number of oxazole rings is 2. The molecule has 266 valence electrons. The maximum atomic E-state index is 12.9. The van der Waals surface area contributed by atoms with Crippen molar-refractivity contribution in [1.82, 2.24) is 29.7 Å². The molecule has 4 aromatic heterocycles. The molecule has 0 saturated heterocycles. The van der Waals surface area contributed by atoms with E-state index in [9.17, 15) is 4.79 Å². The number of hydrogen-bond acceptors (Lipinski definition) is 12. The number of nitrogen functional groups attached to an aromatic ring is 1. The standard InChI is InChI=1S/C24H24N4O4.C15H16N4O/c1-28(2)14-15-10-17(24-27-22-20(32-24)6-5-9-25-22)12-18(11-15)26-23(29)16-7-8-19(30-3)21(13-16)31-4;1-19(2)9-10-6-11(8-12(16)7-10)15-18-14-13(20-15)4-3-5-17-14/h5-13H,14H2,1-4H3,(H,26,29);3-8H,9,16H2,1-2H3. The van der Waals surface area contributed by atoms with E-state index < -0.39 is 0 Å². The minimum absolute atomic E-state index is 0.266. The van der Waals surface area contributed by atoms with Crippen LogP contribution in [0.15, 0.2) is 100 Å². The van der Waals surface area contributed by atoms with Gasteiger partial charge in [-0.25, -0.2) is 9.97 Å². The summed E-state index contributed by atoms with van der Waals surface area (Å²) in [7, 11) is 11.1. The van der Waals surface area contributed by atoms with Crippen molar-refractivity contribution in [3.05, 3.63) is 108 Å². The van der Waals surface area contributed by atoms with Gasteiger partial charge in [-0.05, 0) is 118 Å². The van der Waals surface area contributed by atoms with Crippen molar-refractivity contribution in [2.45, 2.75) is 13.1 Å². The number of rotatable bonds is 10. The Bertz CT molecular complexity index is 2270. The molecule has 0 fully saturated rings. The summed E-state index contributed by atoms with van der Waals surface area (Å²) in [6, 6.07) is 24.0. The second-order valence-electron chi connectivity index (χ2n) is 12.6. The molecule has 0 radical (unpaired) electrons. The van der Waals surface area contributed by atoms with Gasteiger partial charge in [-0.2, -0.15) is 9.97 Å². The van der Waals surface area contributed by atoms with Crippen LogP contribution < -0.4 is 20.5 Å². The van der Waals surface area contributed by atoms with Gasteiger partial charge in [-0.1, -0.05) is 0 Å². The number of methoxy groups -OCH3 is 2. The van der Waals surface area contributed by atoms with Crippen molar-refractivity contribution in [3.8, 4) is 34.4 Å². The molecule has 0 bridgehead atoms. The minimum Gasteiger partial charge on any atom is -0.493 e. The molecule has 13 nitrogen and oxygen atoms in total. The van der Waals surface area contributed by atoms with Gasteiger partial charge < -0.3 is 39.2 Å². The second-order valence-corrected chi connectivity index (χ2v) is 12.6. The quantitative estimate of drug-likeness (QED) is 0.145. The van der Waals surface area contributed by atoms with Crippen LogP contribution in [0.1, 0.15) is 21.5 Å². The fourth-order valence-corrected chi connectivity index (χ4v) is 5.61. The Kier molecular flexibility index (Phi) is 10.7. The van der Waals surface area contributed by atoms with E-state index in [1.165, 1.54) is 7.11 Å². The van der Waals surface area contributed by atoms with Crippen LogP contribution >= 0.6 is 0 Å². The number of fused-ring (bicyclic) bond motifs is 2. The lowest BCUT2D eigenvalue weighted by Crippen LogP contribution is -2.14. The third kappa shape index (κ3) is 8.52. The van der Waals surface area contributed by atoms with Crippen molar-refractivity contribution < 1.29 is 23.1 Å². The molecule has 1 amide bonds. The minimum atomic E-state index is -0.266. The topological polar surface area (TPSA) is 158 Å². The van der Waals surface area contributed by atoms with E-state index >= 15 is 0 Å². The highest BCUT2D eigenvalue weighted by Gasteiger charge is 2.16. The lowest BCUT2D eigenvalue weighted by molar-refractivity contribution is 0.102. The molecule has 0 unspecified atom stereocenters. The summed E-state index contributed by atoms with van der Waals surface area (Å²) in [6.07, 6.45) is 3.37. The molecule has 7 aromatic rings. The molecule has 0 spiro atoms. The van der Waals surface area contributed by atoms with Gasteiger partial charge in [0.05, 0.1) is 14.2 Å². The molecule has 13 heteroatoms. The van der Waals surface area contributed by atoms with Crippen LogP contribution in [0, 0.1) is 0 Å². The van der Waals surface area contributed by atoms with E-state index in [1.807, 2.05) is 87.7 Å². The van der Waals surface area contributed by atoms with Gasteiger partial charge in [-0.15, -0.1) is 0 Å². The van der Waals surface area contributed by atoms with Crippen LogP contribution in [0.25, 0.3) is 45.4 Å². The number of nitrogens with two attached hydrogens (primary N) is 1. The Labute approximate surface area is 301 Å². The molecule has 0 saturated carbocycles. The number of nitrogens with zero attached hydrogens (tertiary/aromatic N) is 6. The lowest BCUT2D eigenvalue weighted by Gasteiger charge is -2.14. The van der Waals surface area contributed by atoms with E-state index in [4.69, 9.17) is 24.0 Å². The van der Waals surface area contributed by atoms with Gasteiger partial charge in [-0.3, -0.25) is 4.79 Å². The average molecular weight is 701 g/mol. The summed E-state index contributed by atoms with van der Waals surface area (Å²) in [5, 5.41) is 2.97. The molecule has 52 heavy (non-hydrogen) atoms. The number of aromatic nitrogens is 4. The van der Waals surface area contributed by atoms with Crippen LogP contribution in [0.5, 0.6) is 11.5 Å². The number of amides is 1. The second kappa shape index (κ2) is 15.7. The van der Waals surface area contributed by atoms with Crippen molar-refractivity contribution in [3.63, 3.8) is 0 Å². The van der Waals surface area contributed by atoms with Gasteiger partial charge >= 0.3 is 0 Å². The van der Waals surface area contributed by atoms with Crippen LogP contribution in [0.4, 0.5) is 11.4 Å². The van der Waals surface area contributed by atoms with Gasteiger partial charge in [0.25, 0.3) is 5.91 Å². The first kappa shape index (κ1) is 35.5. The van der Waals surface area contributed by atoms with Gasteiger partial charge in [0.2, 0.25) is 11.8 Å². The summed E-state index contributed by atoms with van der Waals surface area (Å²) in [5.41, 5.74) is 13.9. The highest BCUT2D eigenvalue weighted by molar-refractivity contribution is 6.05. The van der Waals surface area contributed by atoms with Crippen molar-refractivity contribution >= 4 is 39.7 Å². The third-order valence-electron chi connectivity index (χ3n) is 7.73. The molecule has 0 aliphatic carbocycles. The number of benzene rings is 3. The average Bonchev–Trinajstić information content (AvgIpc) is 3.76. The van der Waals surface area contributed by atoms with Crippen LogP contribution in [0.2, 0.25) is 0 Å². The smallest absolute Gasteiger partial charge is 0.255 e. The Morgan fingerprint density at radius 3 is 1.81 bits per heavy atom. The first-order valence-corrected chi connectivity index (χ1v) is 16.4. The predicted octanol–water partition coefficient (Wildman–Crippen LogP) is 6.75. The predicted molar refractivity (Wildman–Crippen MR) is 201 cm³/mol. The van der Waals surface area contributed by atoms with Crippen LogP contribution in [-0.2, 0) is 13.1 Å². The maximum Gasteiger partial charge on any atom is 0.255 e. The molecule has 3 N–H and O–H groups in total. The molecule has 4 heterocycles. The largest absolute Gasteiger partial charge is 0.493 e. The zero-order valence-corrected chi connectivity index (χ0v) is 29.9. The Morgan fingerprint density at radius 2 is 1.27 bits per heavy atom. The Morgan fingerprint density at radius 1 is 0.712 bits per heavy atom. The SMILES string of the molecule is CN(C)Cc1cc(N)cc(-c2nc3ncccc3o2)c1.COc1ccc(C(=O)Nc2cc(CN(C)C)cc(-c3nc4ncccc4o3)c2)cc1OC. The summed E-state index contributed by atoms with van der Waals surface area (Å²) in [4.78, 5) is 34.4. The molecular formula is C39H40N8O5. The van der Waals surface area contributed by atoms with E-state index in [0.717, 1.165) is 28.8 Å². The van der Waals surface area contributed by atoms with Crippen molar-refractivity contribution in [1.29, 1.82) is 0 Å². The number of ether oxygens (including phenoxy) is 2. The van der Waals surface area contributed by atoms with E-state index in [-0.39, 0.29) is 5.91 Å². The number of carbonyl (C=O) groups excluding carboxylic acids is 1. The summed E-state index contributed by atoms with van der Waals surface area (Å²) < 4.78 is 22.2. The Balaban J connectivity index is 0.000000198. The molecule has 0 aliphatic heterocycles. The highest BCUT2D eigenvalue weighted by atomic mass is 16.5. The fourth-order valence-electron chi connectivity index (χ4n) is 5.61. The molecule has 3 aromatic carbocycles. The lowest BCUT2D eigenvalue weighted by atomic mass is 10.1. The van der Waals surface area contributed by atoms with Crippen LogP contribution in [0.3, 0.4) is 0 Å². The van der Waals surface area contributed by atoms with Gasteiger partial charge in [0.15, 0.2) is 34.0 Å². The molecule has 0 aliphatic rings.